The van der Waals surface area contributed by atoms with Crippen LogP contribution in [0.4, 0.5) is 0 Å². The molecule has 0 unspecified atom stereocenters. The molecule has 0 aromatic heterocycles. The van der Waals surface area contributed by atoms with Crippen LogP contribution >= 0.6 is 15.9 Å². The average molecular weight is 447 g/mol. The van der Waals surface area contributed by atoms with Crippen molar-refractivity contribution < 1.29 is 14.3 Å². The van der Waals surface area contributed by atoms with Gasteiger partial charge in [-0.15, -0.1) is 0 Å². The molecule has 28 heavy (non-hydrogen) atoms. The van der Waals surface area contributed by atoms with Crippen molar-refractivity contribution in [2.75, 3.05) is 39.9 Å². The molecule has 0 bridgehead atoms. The first kappa shape index (κ1) is 20.7. The molecule has 0 N–H and O–H groups in total. The van der Waals surface area contributed by atoms with Gasteiger partial charge in [0.2, 0.25) is 0 Å². The Bertz CT molecular complexity index is 790. The number of hydrogen-bond acceptors (Lipinski definition) is 4. The van der Waals surface area contributed by atoms with E-state index in [1.54, 1.807) is 13.2 Å². The molecule has 0 spiro atoms. The molecule has 1 saturated heterocycles. The number of ether oxygens (including phenoxy) is 2. The van der Waals surface area contributed by atoms with E-state index in [9.17, 15) is 4.79 Å². The summed E-state index contributed by atoms with van der Waals surface area (Å²) in [5, 5.41) is 0. The summed E-state index contributed by atoms with van der Waals surface area (Å²) in [4.78, 5) is 17.3. The monoisotopic (exact) mass is 446 g/mol. The molecular weight excluding hydrogens is 420 g/mol. The third-order valence-corrected chi connectivity index (χ3v) is 5.42. The smallest absolute Gasteiger partial charge is 0.254 e. The van der Waals surface area contributed by atoms with Crippen LogP contribution in [-0.4, -0.2) is 55.6 Å². The van der Waals surface area contributed by atoms with Gasteiger partial charge in [0.05, 0.1) is 18.2 Å². The van der Waals surface area contributed by atoms with Crippen molar-refractivity contribution in [3.63, 3.8) is 0 Å². The molecule has 0 saturated carbocycles. The molecule has 1 aliphatic rings. The second kappa shape index (κ2) is 9.94. The number of amides is 1. The van der Waals surface area contributed by atoms with Crippen molar-refractivity contribution in [1.82, 2.24) is 9.80 Å². The molecule has 1 heterocycles. The van der Waals surface area contributed by atoms with Crippen molar-refractivity contribution in [2.24, 2.45) is 0 Å². The van der Waals surface area contributed by atoms with Crippen LogP contribution in [0.5, 0.6) is 11.5 Å². The number of methoxy groups -OCH3 is 1. The van der Waals surface area contributed by atoms with Crippen LogP contribution in [0.3, 0.4) is 0 Å². The van der Waals surface area contributed by atoms with E-state index in [2.05, 4.69) is 52.0 Å². The standard InChI is InChI=1S/C22H27BrN2O3/c1-3-13-28-21-19(23)14-18(15-20(21)27-2)22(26)25-11-9-24(10-12-25)16-17-7-5-4-6-8-17/h4-8,14-15H,3,9-13,16H2,1-2H3. The molecule has 2 aromatic rings. The molecule has 3 rings (SSSR count). The Kier molecular flexibility index (Phi) is 7.34. The van der Waals surface area contributed by atoms with Gasteiger partial charge in [-0.3, -0.25) is 9.69 Å². The molecule has 6 heteroatoms. The van der Waals surface area contributed by atoms with Gasteiger partial charge in [-0.2, -0.15) is 0 Å². The normalized spacial score (nSPS) is 14.8. The maximum atomic E-state index is 13.0. The first-order valence-electron chi connectivity index (χ1n) is 9.68. The van der Waals surface area contributed by atoms with Gasteiger partial charge in [0.15, 0.2) is 11.5 Å². The quantitative estimate of drug-likeness (QED) is 0.638. The van der Waals surface area contributed by atoms with E-state index >= 15 is 0 Å². The van der Waals surface area contributed by atoms with Gasteiger partial charge in [0, 0.05) is 38.3 Å². The molecule has 2 aromatic carbocycles. The van der Waals surface area contributed by atoms with Crippen LogP contribution in [0.1, 0.15) is 29.3 Å². The van der Waals surface area contributed by atoms with Crippen LogP contribution in [0.25, 0.3) is 0 Å². The number of carbonyl (C=O) groups excluding carboxylic acids is 1. The summed E-state index contributed by atoms with van der Waals surface area (Å²) in [6.07, 6.45) is 0.906. The minimum atomic E-state index is 0.0282. The summed E-state index contributed by atoms with van der Waals surface area (Å²) in [5.74, 6) is 1.25. The SMILES string of the molecule is CCCOc1c(Br)cc(C(=O)N2CCN(Cc3ccccc3)CC2)cc1OC. The van der Waals surface area contributed by atoms with Crippen LogP contribution in [0.2, 0.25) is 0 Å². The van der Waals surface area contributed by atoms with Gasteiger partial charge in [0.1, 0.15) is 0 Å². The third kappa shape index (κ3) is 5.06. The number of hydrogen-bond donors (Lipinski definition) is 0. The summed E-state index contributed by atoms with van der Waals surface area (Å²) < 4.78 is 11.9. The van der Waals surface area contributed by atoms with Crippen molar-refractivity contribution in [1.29, 1.82) is 0 Å². The minimum absolute atomic E-state index is 0.0282. The van der Waals surface area contributed by atoms with E-state index in [1.807, 2.05) is 17.0 Å². The molecule has 150 valence electrons. The molecule has 0 aliphatic carbocycles. The Morgan fingerprint density at radius 2 is 1.82 bits per heavy atom. The van der Waals surface area contributed by atoms with Crippen molar-refractivity contribution in [2.45, 2.75) is 19.9 Å². The number of carbonyl (C=O) groups is 1. The zero-order valence-electron chi connectivity index (χ0n) is 16.5. The number of piperazine rings is 1. The zero-order valence-corrected chi connectivity index (χ0v) is 18.1. The molecule has 1 amide bonds. The van der Waals surface area contributed by atoms with Gasteiger partial charge in [-0.05, 0) is 40.0 Å². The summed E-state index contributed by atoms with van der Waals surface area (Å²) in [6.45, 7) is 6.76. The average Bonchev–Trinajstić information content (AvgIpc) is 2.73. The Morgan fingerprint density at radius 3 is 2.46 bits per heavy atom. The highest BCUT2D eigenvalue weighted by Crippen LogP contribution is 2.37. The second-order valence-electron chi connectivity index (χ2n) is 6.89. The van der Waals surface area contributed by atoms with Crippen LogP contribution < -0.4 is 9.47 Å². The Balaban J connectivity index is 1.64. The van der Waals surface area contributed by atoms with E-state index in [0.717, 1.165) is 43.6 Å². The maximum Gasteiger partial charge on any atom is 0.254 e. The fourth-order valence-corrected chi connectivity index (χ4v) is 3.88. The van der Waals surface area contributed by atoms with Crippen molar-refractivity contribution >= 4 is 21.8 Å². The summed E-state index contributed by atoms with van der Waals surface area (Å²) >= 11 is 3.52. The molecular formula is C22H27BrN2O3. The minimum Gasteiger partial charge on any atom is -0.493 e. The van der Waals surface area contributed by atoms with Gasteiger partial charge in [-0.25, -0.2) is 0 Å². The van der Waals surface area contributed by atoms with Gasteiger partial charge in [-0.1, -0.05) is 37.3 Å². The third-order valence-electron chi connectivity index (χ3n) is 4.84. The molecule has 5 nitrogen and oxygen atoms in total. The van der Waals surface area contributed by atoms with Crippen molar-refractivity contribution in [3.05, 3.63) is 58.1 Å². The lowest BCUT2D eigenvalue weighted by atomic mass is 10.1. The van der Waals surface area contributed by atoms with Crippen molar-refractivity contribution in [3.8, 4) is 11.5 Å². The van der Waals surface area contributed by atoms with Crippen LogP contribution in [0, 0.1) is 0 Å². The van der Waals surface area contributed by atoms with Crippen LogP contribution in [-0.2, 0) is 6.54 Å². The highest BCUT2D eigenvalue weighted by atomic mass is 79.9. The van der Waals surface area contributed by atoms with E-state index in [0.29, 0.717) is 23.7 Å². The summed E-state index contributed by atoms with van der Waals surface area (Å²) in [6, 6.07) is 14.0. The zero-order chi connectivity index (χ0) is 19.9. The van der Waals surface area contributed by atoms with Crippen LogP contribution in [0.15, 0.2) is 46.9 Å². The highest BCUT2D eigenvalue weighted by molar-refractivity contribution is 9.10. The number of halogens is 1. The summed E-state index contributed by atoms with van der Waals surface area (Å²) in [7, 11) is 1.59. The Morgan fingerprint density at radius 1 is 1.11 bits per heavy atom. The van der Waals surface area contributed by atoms with E-state index in [-0.39, 0.29) is 5.91 Å². The van der Waals surface area contributed by atoms with Gasteiger partial charge >= 0.3 is 0 Å². The lowest BCUT2D eigenvalue weighted by Crippen LogP contribution is -2.48. The molecule has 1 fully saturated rings. The summed E-state index contributed by atoms with van der Waals surface area (Å²) in [5.41, 5.74) is 1.92. The van der Waals surface area contributed by atoms with E-state index in [1.165, 1.54) is 5.56 Å². The lowest BCUT2D eigenvalue weighted by molar-refractivity contribution is 0.0628. The lowest BCUT2D eigenvalue weighted by Gasteiger charge is -2.35. The number of nitrogens with zero attached hydrogens (tertiary/aromatic N) is 2. The topological polar surface area (TPSA) is 42.0 Å². The van der Waals surface area contributed by atoms with E-state index < -0.39 is 0 Å². The highest BCUT2D eigenvalue weighted by Gasteiger charge is 2.24. The fraction of sp³-hybridized carbons (Fsp3) is 0.409. The largest absolute Gasteiger partial charge is 0.493 e. The Hall–Kier alpha value is -2.05. The first-order valence-corrected chi connectivity index (χ1v) is 10.5. The first-order chi connectivity index (χ1) is 13.6. The Labute approximate surface area is 175 Å². The molecule has 0 radical (unpaired) electrons. The predicted molar refractivity (Wildman–Crippen MR) is 114 cm³/mol. The number of benzene rings is 2. The fourth-order valence-electron chi connectivity index (χ4n) is 3.32. The second-order valence-corrected chi connectivity index (χ2v) is 7.75. The predicted octanol–water partition coefficient (Wildman–Crippen LogP) is 4.20. The number of rotatable bonds is 7. The molecule has 1 aliphatic heterocycles. The van der Waals surface area contributed by atoms with Gasteiger partial charge < -0.3 is 14.4 Å². The molecule has 0 atom stereocenters. The maximum absolute atomic E-state index is 13.0. The van der Waals surface area contributed by atoms with E-state index in [4.69, 9.17) is 9.47 Å². The van der Waals surface area contributed by atoms with Gasteiger partial charge in [0.25, 0.3) is 5.91 Å².